The molecule has 3 N–H and O–H groups in total. The van der Waals surface area contributed by atoms with E-state index in [-0.39, 0.29) is 55.3 Å². The number of fused-ring (bicyclic) bond motifs is 1. The number of rotatable bonds is 4. The zero-order valence-corrected chi connectivity index (χ0v) is 14.1. The summed E-state index contributed by atoms with van der Waals surface area (Å²) in [5, 5.41) is 9.11. The van der Waals surface area contributed by atoms with Crippen molar-refractivity contribution in [3.05, 3.63) is 29.1 Å². The second kappa shape index (κ2) is 6.99. The van der Waals surface area contributed by atoms with Gasteiger partial charge in [-0.15, -0.1) is 0 Å². The first-order chi connectivity index (χ1) is 12.6. The number of alkyl halides is 3. The van der Waals surface area contributed by atoms with Gasteiger partial charge in [-0.2, -0.15) is 13.2 Å². The van der Waals surface area contributed by atoms with Crippen molar-refractivity contribution in [2.75, 3.05) is 13.2 Å². The van der Waals surface area contributed by atoms with Gasteiger partial charge in [0.05, 0.1) is 6.04 Å². The Labute approximate surface area is 151 Å². The summed E-state index contributed by atoms with van der Waals surface area (Å²) < 4.78 is 58.6. The standard InChI is InChI=1S/C17H18F4N2O4/c18-13-2-1-11(15(22)25)12-5-10(7-27-14(12)13)23(16(26)17(19,20)21)9-3-8(4-9)6-24/h1-2,8-10,24H,3-7H2,(H2,22,25). The van der Waals surface area contributed by atoms with E-state index in [1.165, 1.54) is 0 Å². The third-order valence-corrected chi connectivity index (χ3v) is 5.07. The summed E-state index contributed by atoms with van der Waals surface area (Å²) >= 11 is 0. The van der Waals surface area contributed by atoms with Crippen molar-refractivity contribution < 1.29 is 37.0 Å². The summed E-state index contributed by atoms with van der Waals surface area (Å²) in [4.78, 5) is 24.3. The molecular weight excluding hydrogens is 372 g/mol. The smallest absolute Gasteiger partial charge is 0.471 e. The molecule has 0 saturated heterocycles. The third-order valence-electron chi connectivity index (χ3n) is 5.07. The zero-order chi connectivity index (χ0) is 19.9. The van der Waals surface area contributed by atoms with E-state index < -0.39 is 35.9 Å². The number of ether oxygens (including phenoxy) is 1. The fourth-order valence-electron chi connectivity index (χ4n) is 3.69. The second-order valence-electron chi connectivity index (χ2n) is 6.82. The summed E-state index contributed by atoms with van der Waals surface area (Å²) in [7, 11) is 0. The summed E-state index contributed by atoms with van der Waals surface area (Å²) in [6, 6.07) is 0.395. The van der Waals surface area contributed by atoms with Crippen LogP contribution in [-0.4, -0.2) is 53.3 Å². The lowest BCUT2D eigenvalue weighted by atomic mass is 9.78. The number of halogens is 4. The lowest BCUT2D eigenvalue weighted by Crippen LogP contribution is -2.59. The molecule has 1 aliphatic heterocycles. The summed E-state index contributed by atoms with van der Waals surface area (Å²) in [6.07, 6.45) is -4.81. The van der Waals surface area contributed by atoms with Crippen LogP contribution in [0.25, 0.3) is 0 Å². The van der Waals surface area contributed by atoms with Gasteiger partial charge in [0.25, 0.3) is 0 Å². The maximum Gasteiger partial charge on any atom is 0.471 e. The molecule has 1 heterocycles. The number of primary amides is 1. The van der Waals surface area contributed by atoms with Crippen molar-refractivity contribution in [1.29, 1.82) is 0 Å². The van der Waals surface area contributed by atoms with Crippen LogP contribution in [-0.2, 0) is 11.2 Å². The summed E-state index contributed by atoms with van der Waals surface area (Å²) in [5.74, 6) is -4.05. The highest BCUT2D eigenvalue weighted by Crippen LogP contribution is 2.39. The number of nitrogens with zero attached hydrogens (tertiary/aromatic N) is 1. The molecule has 148 valence electrons. The minimum absolute atomic E-state index is 0.0526. The van der Waals surface area contributed by atoms with E-state index in [1.54, 1.807) is 0 Å². The number of hydrogen-bond acceptors (Lipinski definition) is 4. The Balaban J connectivity index is 1.93. The number of benzene rings is 1. The minimum Gasteiger partial charge on any atom is -0.488 e. The number of carbonyl (C=O) groups is 2. The van der Waals surface area contributed by atoms with Crippen LogP contribution in [0.2, 0.25) is 0 Å². The molecule has 0 spiro atoms. The molecule has 0 radical (unpaired) electrons. The molecule has 1 saturated carbocycles. The van der Waals surface area contributed by atoms with Gasteiger partial charge in [-0.3, -0.25) is 9.59 Å². The van der Waals surface area contributed by atoms with E-state index in [0.717, 1.165) is 12.1 Å². The Kier molecular flexibility index (Phi) is 5.02. The largest absolute Gasteiger partial charge is 0.488 e. The van der Waals surface area contributed by atoms with Crippen LogP contribution in [0.15, 0.2) is 12.1 Å². The molecule has 0 aromatic heterocycles. The highest BCUT2D eigenvalue weighted by Gasteiger charge is 2.50. The van der Waals surface area contributed by atoms with Gasteiger partial charge < -0.3 is 20.5 Å². The molecule has 3 rings (SSSR count). The lowest BCUT2D eigenvalue weighted by Gasteiger charge is -2.47. The SMILES string of the molecule is NC(=O)c1ccc(F)c2c1CC(N(C(=O)C(F)(F)F)C1CC(CO)C1)CO2. The summed E-state index contributed by atoms with van der Waals surface area (Å²) in [5.41, 5.74) is 5.26. The number of aliphatic hydroxyl groups is 1. The lowest BCUT2D eigenvalue weighted by molar-refractivity contribution is -0.195. The molecule has 1 aliphatic carbocycles. The molecule has 1 atom stereocenters. The highest BCUT2D eigenvalue weighted by molar-refractivity contribution is 5.95. The van der Waals surface area contributed by atoms with Crippen LogP contribution in [0.1, 0.15) is 28.8 Å². The predicted octanol–water partition coefficient (Wildman–Crippen LogP) is 1.39. The van der Waals surface area contributed by atoms with Crippen molar-refractivity contribution >= 4 is 11.8 Å². The number of nitrogens with two attached hydrogens (primary N) is 1. The van der Waals surface area contributed by atoms with Crippen LogP contribution >= 0.6 is 0 Å². The average Bonchev–Trinajstić information content (AvgIpc) is 2.56. The Morgan fingerprint density at radius 2 is 1.93 bits per heavy atom. The van der Waals surface area contributed by atoms with Gasteiger partial charge in [0.1, 0.15) is 6.61 Å². The van der Waals surface area contributed by atoms with Gasteiger partial charge in [-0.1, -0.05) is 0 Å². The topological polar surface area (TPSA) is 92.9 Å². The van der Waals surface area contributed by atoms with E-state index in [0.29, 0.717) is 4.90 Å². The van der Waals surface area contributed by atoms with Crippen molar-refractivity contribution in [1.82, 2.24) is 4.90 Å². The molecule has 1 unspecified atom stereocenters. The Bertz CT molecular complexity index is 762. The first-order valence-electron chi connectivity index (χ1n) is 8.37. The second-order valence-corrected chi connectivity index (χ2v) is 6.82. The van der Waals surface area contributed by atoms with Gasteiger partial charge in [-0.05, 0) is 30.9 Å². The molecule has 6 nitrogen and oxygen atoms in total. The quantitative estimate of drug-likeness (QED) is 0.760. The summed E-state index contributed by atoms with van der Waals surface area (Å²) in [6.45, 7) is -0.514. The third kappa shape index (κ3) is 3.58. The van der Waals surface area contributed by atoms with E-state index in [1.807, 2.05) is 0 Å². The number of aliphatic hydroxyl groups excluding tert-OH is 1. The molecule has 2 aliphatic rings. The van der Waals surface area contributed by atoms with Crippen LogP contribution in [0.4, 0.5) is 17.6 Å². The van der Waals surface area contributed by atoms with Gasteiger partial charge in [-0.25, -0.2) is 4.39 Å². The van der Waals surface area contributed by atoms with Gasteiger partial charge in [0.2, 0.25) is 5.91 Å². The van der Waals surface area contributed by atoms with Crippen LogP contribution in [0.5, 0.6) is 5.75 Å². The maximum atomic E-state index is 14.0. The van der Waals surface area contributed by atoms with Gasteiger partial charge in [0, 0.05) is 30.2 Å². The molecular formula is C17H18F4N2O4. The van der Waals surface area contributed by atoms with E-state index in [4.69, 9.17) is 15.6 Å². The highest BCUT2D eigenvalue weighted by atomic mass is 19.4. The minimum atomic E-state index is -5.08. The van der Waals surface area contributed by atoms with Crippen LogP contribution in [0.3, 0.4) is 0 Å². The predicted molar refractivity (Wildman–Crippen MR) is 84.4 cm³/mol. The number of amides is 2. The van der Waals surface area contributed by atoms with Crippen molar-refractivity contribution in [2.45, 2.75) is 37.5 Å². The van der Waals surface area contributed by atoms with Crippen molar-refractivity contribution in [3.63, 3.8) is 0 Å². The maximum absolute atomic E-state index is 14.0. The zero-order valence-electron chi connectivity index (χ0n) is 14.1. The Morgan fingerprint density at radius 1 is 1.26 bits per heavy atom. The molecule has 10 heteroatoms. The Morgan fingerprint density at radius 3 is 2.48 bits per heavy atom. The van der Waals surface area contributed by atoms with E-state index in [2.05, 4.69) is 0 Å². The molecule has 1 aromatic carbocycles. The fourth-order valence-corrected chi connectivity index (χ4v) is 3.69. The van der Waals surface area contributed by atoms with Crippen molar-refractivity contribution in [3.8, 4) is 5.75 Å². The monoisotopic (exact) mass is 390 g/mol. The number of carbonyl (C=O) groups excluding carboxylic acids is 2. The number of hydrogen-bond donors (Lipinski definition) is 2. The molecule has 1 fully saturated rings. The van der Waals surface area contributed by atoms with Gasteiger partial charge in [0.15, 0.2) is 11.6 Å². The molecule has 0 bridgehead atoms. The first kappa shape index (κ1) is 19.4. The molecule has 27 heavy (non-hydrogen) atoms. The molecule has 1 aromatic rings. The van der Waals surface area contributed by atoms with Crippen LogP contribution in [0, 0.1) is 11.7 Å². The normalized spacial score (nSPS) is 24.4. The van der Waals surface area contributed by atoms with Crippen LogP contribution < -0.4 is 10.5 Å². The molecule has 2 amide bonds. The first-order valence-corrected chi connectivity index (χ1v) is 8.37. The fraction of sp³-hybridized carbons (Fsp3) is 0.529. The van der Waals surface area contributed by atoms with Gasteiger partial charge >= 0.3 is 12.1 Å². The Hall–Kier alpha value is -2.36. The van der Waals surface area contributed by atoms with E-state index in [9.17, 15) is 27.2 Å². The van der Waals surface area contributed by atoms with E-state index >= 15 is 0 Å². The average molecular weight is 390 g/mol. The van der Waals surface area contributed by atoms with Crippen molar-refractivity contribution in [2.24, 2.45) is 11.7 Å².